The molecule has 1 aromatic rings. The summed E-state index contributed by atoms with van der Waals surface area (Å²) >= 11 is 0. The van der Waals surface area contributed by atoms with Crippen LogP contribution in [0, 0.1) is 0 Å². The van der Waals surface area contributed by atoms with Crippen molar-refractivity contribution in [3.8, 4) is 5.75 Å². The van der Waals surface area contributed by atoms with E-state index in [0.29, 0.717) is 5.75 Å². The Kier molecular flexibility index (Phi) is 5.49. The van der Waals surface area contributed by atoms with E-state index in [0.717, 1.165) is 4.31 Å². The number of carbonyl (C=O) groups is 1. The van der Waals surface area contributed by atoms with Crippen molar-refractivity contribution in [2.24, 2.45) is 0 Å². The SMILES string of the molecule is COc1ccc(S(=O)(=O)N(C)CCO)cc1NC(C)=O. The zero-order chi connectivity index (χ0) is 15.3. The summed E-state index contributed by atoms with van der Waals surface area (Å²) in [6.07, 6.45) is 0. The quantitative estimate of drug-likeness (QED) is 0.786. The maximum Gasteiger partial charge on any atom is 0.242 e. The molecule has 0 spiro atoms. The molecule has 8 heteroatoms. The molecular weight excluding hydrogens is 284 g/mol. The van der Waals surface area contributed by atoms with Crippen molar-refractivity contribution in [3.63, 3.8) is 0 Å². The van der Waals surface area contributed by atoms with Crippen LogP contribution in [-0.4, -0.2) is 51.0 Å². The second-order valence-corrected chi connectivity index (χ2v) is 6.14. The number of hydrogen-bond donors (Lipinski definition) is 2. The number of methoxy groups -OCH3 is 1. The number of nitrogens with one attached hydrogen (secondary N) is 1. The lowest BCUT2D eigenvalue weighted by atomic mass is 10.3. The van der Waals surface area contributed by atoms with E-state index >= 15 is 0 Å². The molecule has 7 nitrogen and oxygen atoms in total. The Labute approximate surface area is 118 Å². The van der Waals surface area contributed by atoms with E-state index < -0.39 is 10.0 Å². The molecular formula is C12H18N2O5S. The topological polar surface area (TPSA) is 95.9 Å². The molecule has 0 aliphatic rings. The summed E-state index contributed by atoms with van der Waals surface area (Å²) in [6, 6.07) is 4.17. The average molecular weight is 302 g/mol. The van der Waals surface area contributed by atoms with Gasteiger partial charge in [-0.2, -0.15) is 4.31 Å². The van der Waals surface area contributed by atoms with Crippen LogP contribution in [-0.2, 0) is 14.8 Å². The van der Waals surface area contributed by atoms with Gasteiger partial charge in [0, 0.05) is 20.5 Å². The Morgan fingerprint density at radius 1 is 1.45 bits per heavy atom. The molecule has 0 heterocycles. The standard InChI is InChI=1S/C12H18N2O5S/c1-9(16)13-11-8-10(4-5-12(11)19-3)20(17,18)14(2)6-7-15/h4-5,8,15H,6-7H2,1-3H3,(H,13,16). The summed E-state index contributed by atoms with van der Waals surface area (Å²) in [5, 5.41) is 11.3. The van der Waals surface area contributed by atoms with Crippen LogP contribution in [0.15, 0.2) is 23.1 Å². The maximum absolute atomic E-state index is 12.2. The molecule has 1 aromatic carbocycles. The van der Waals surface area contributed by atoms with E-state index in [1.54, 1.807) is 0 Å². The molecule has 20 heavy (non-hydrogen) atoms. The van der Waals surface area contributed by atoms with E-state index in [1.165, 1.54) is 39.3 Å². The van der Waals surface area contributed by atoms with E-state index in [4.69, 9.17) is 9.84 Å². The number of likely N-dealkylation sites (N-methyl/N-ethyl adjacent to an activating group) is 1. The fourth-order valence-corrected chi connectivity index (χ4v) is 2.76. The van der Waals surface area contributed by atoms with Crippen LogP contribution in [0.5, 0.6) is 5.75 Å². The fraction of sp³-hybridized carbons (Fsp3) is 0.417. The van der Waals surface area contributed by atoms with E-state index in [2.05, 4.69) is 5.32 Å². The number of nitrogens with zero attached hydrogens (tertiary/aromatic N) is 1. The lowest BCUT2D eigenvalue weighted by molar-refractivity contribution is -0.114. The molecule has 0 bridgehead atoms. The van der Waals surface area contributed by atoms with Gasteiger partial charge in [0.1, 0.15) is 5.75 Å². The fourth-order valence-electron chi connectivity index (χ4n) is 1.58. The second kappa shape index (κ2) is 6.69. The van der Waals surface area contributed by atoms with E-state index in [9.17, 15) is 13.2 Å². The molecule has 0 saturated carbocycles. The van der Waals surface area contributed by atoms with Gasteiger partial charge in [-0.25, -0.2) is 8.42 Å². The van der Waals surface area contributed by atoms with E-state index in [1.807, 2.05) is 0 Å². The summed E-state index contributed by atoms with van der Waals surface area (Å²) in [6.45, 7) is 1.03. The number of amides is 1. The number of aliphatic hydroxyl groups excluding tert-OH is 1. The normalized spacial score (nSPS) is 11.4. The van der Waals surface area contributed by atoms with Crippen molar-refractivity contribution >= 4 is 21.6 Å². The van der Waals surface area contributed by atoms with Gasteiger partial charge in [0.15, 0.2) is 0 Å². The molecule has 0 radical (unpaired) electrons. The predicted octanol–water partition coefficient (Wildman–Crippen LogP) is 0.266. The van der Waals surface area contributed by atoms with Gasteiger partial charge in [0.25, 0.3) is 0 Å². The smallest absolute Gasteiger partial charge is 0.242 e. The monoisotopic (exact) mass is 302 g/mol. The van der Waals surface area contributed by atoms with Crippen molar-refractivity contribution in [2.75, 3.05) is 32.6 Å². The van der Waals surface area contributed by atoms with Crippen molar-refractivity contribution in [1.29, 1.82) is 0 Å². The van der Waals surface area contributed by atoms with Gasteiger partial charge in [-0.05, 0) is 18.2 Å². The summed E-state index contributed by atoms with van der Waals surface area (Å²) < 4.78 is 30.5. The Hall–Kier alpha value is -1.64. The van der Waals surface area contributed by atoms with Crippen molar-refractivity contribution in [3.05, 3.63) is 18.2 Å². The molecule has 1 amide bonds. The molecule has 112 valence electrons. The van der Waals surface area contributed by atoms with Crippen LogP contribution in [0.25, 0.3) is 0 Å². The zero-order valence-electron chi connectivity index (χ0n) is 11.6. The number of ether oxygens (including phenoxy) is 1. The van der Waals surface area contributed by atoms with Crippen LogP contribution in [0.1, 0.15) is 6.92 Å². The highest BCUT2D eigenvalue weighted by Crippen LogP contribution is 2.28. The van der Waals surface area contributed by atoms with Crippen molar-refractivity contribution in [2.45, 2.75) is 11.8 Å². The molecule has 0 atom stereocenters. The summed E-state index contributed by atoms with van der Waals surface area (Å²) in [5.41, 5.74) is 0.276. The predicted molar refractivity (Wildman–Crippen MR) is 74.2 cm³/mol. The maximum atomic E-state index is 12.2. The molecule has 0 fully saturated rings. The number of hydrogen-bond acceptors (Lipinski definition) is 5. The molecule has 0 aromatic heterocycles. The third-order valence-corrected chi connectivity index (χ3v) is 4.46. The minimum absolute atomic E-state index is 0.0101. The van der Waals surface area contributed by atoms with Gasteiger partial charge in [0.05, 0.1) is 24.3 Å². The van der Waals surface area contributed by atoms with Gasteiger partial charge in [-0.3, -0.25) is 4.79 Å². The first-order valence-electron chi connectivity index (χ1n) is 5.85. The number of carbonyl (C=O) groups excluding carboxylic acids is 1. The average Bonchev–Trinajstić information content (AvgIpc) is 2.38. The third kappa shape index (κ3) is 3.69. The number of rotatable bonds is 6. The first kappa shape index (κ1) is 16.4. The zero-order valence-corrected chi connectivity index (χ0v) is 12.4. The minimum atomic E-state index is -3.72. The number of aliphatic hydroxyl groups is 1. The molecule has 1 rings (SSSR count). The summed E-state index contributed by atoms with van der Waals surface area (Å²) in [4.78, 5) is 11.1. The van der Waals surface area contributed by atoms with Crippen LogP contribution in [0.4, 0.5) is 5.69 Å². The molecule has 0 aliphatic heterocycles. The van der Waals surface area contributed by atoms with E-state index in [-0.39, 0.29) is 29.6 Å². The molecule has 0 aliphatic carbocycles. The lowest BCUT2D eigenvalue weighted by Crippen LogP contribution is -2.29. The molecule has 0 unspecified atom stereocenters. The second-order valence-electron chi connectivity index (χ2n) is 4.09. The minimum Gasteiger partial charge on any atom is -0.495 e. The van der Waals surface area contributed by atoms with Crippen molar-refractivity contribution < 1.29 is 23.1 Å². The van der Waals surface area contributed by atoms with Gasteiger partial charge < -0.3 is 15.2 Å². The first-order chi connectivity index (χ1) is 9.32. The van der Waals surface area contributed by atoms with Gasteiger partial charge >= 0.3 is 0 Å². The Bertz CT molecular complexity index is 586. The Morgan fingerprint density at radius 3 is 2.60 bits per heavy atom. The van der Waals surface area contributed by atoms with Crippen molar-refractivity contribution in [1.82, 2.24) is 4.31 Å². The lowest BCUT2D eigenvalue weighted by Gasteiger charge is -2.17. The van der Waals surface area contributed by atoms with Crippen LogP contribution < -0.4 is 10.1 Å². The summed E-state index contributed by atoms with van der Waals surface area (Å²) in [7, 11) is -0.926. The van der Waals surface area contributed by atoms with Gasteiger partial charge in [0.2, 0.25) is 15.9 Å². The number of sulfonamides is 1. The highest BCUT2D eigenvalue weighted by atomic mass is 32.2. The highest BCUT2D eigenvalue weighted by molar-refractivity contribution is 7.89. The summed E-state index contributed by atoms with van der Waals surface area (Å²) in [5.74, 6) is 0.0329. The van der Waals surface area contributed by atoms with Crippen LogP contribution in [0.2, 0.25) is 0 Å². The number of benzene rings is 1. The molecule has 2 N–H and O–H groups in total. The largest absolute Gasteiger partial charge is 0.495 e. The third-order valence-electron chi connectivity index (χ3n) is 2.60. The Morgan fingerprint density at radius 2 is 2.10 bits per heavy atom. The number of anilines is 1. The van der Waals surface area contributed by atoms with Crippen LogP contribution in [0.3, 0.4) is 0 Å². The van der Waals surface area contributed by atoms with Gasteiger partial charge in [-0.15, -0.1) is 0 Å². The Balaban J connectivity index is 3.23. The van der Waals surface area contributed by atoms with Crippen LogP contribution >= 0.6 is 0 Å². The highest BCUT2D eigenvalue weighted by Gasteiger charge is 2.21. The molecule has 0 saturated heterocycles. The first-order valence-corrected chi connectivity index (χ1v) is 7.29. The van der Waals surface area contributed by atoms with Gasteiger partial charge in [-0.1, -0.05) is 0 Å².